The third-order valence-corrected chi connectivity index (χ3v) is 5.07. The number of halogens is 1. The lowest BCUT2D eigenvalue weighted by Gasteiger charge is -2.22. The summed E-state index contributed by atoms with van der Waals surface area (Å²) in [5.41, 5.74) is 3.46. The van der Waals surface area contributed by atoms with Gasteiger partial charge < -0.3 is 20.1 Å². The van der Waals surface area contributed by atoms with Gasteiger partial charge in [-0.25, -0.2) is 9.97 Å². The standard InChI is InChI=1S/C21H21ClN4O3/c1-3-4-13-19-14(8-16-20(13)29-10-18(27)26-16)21(25-11-24-19)23-9-12-5-6-17(28-2)15(22)7-12/h5-8,11H,3-4,9-10H2,1-2H3,(H,26,27)(H,23,24,25). The van der Waals surface area contributed by atoms with Gasteiger partial charge in [0.25, 0.3) is 5.91 Å². The molecule has 150 valence electrons. The van der Waals surface area contributed by atoms with Gasteiger partial charge in [0.15, 0.2) is 6.61 Å². The summed E-state index contributed by atoms with van der Waals surface area (Å²) in [5.74, 6) is 1.85. The Morgan fingerprint density at radius 2 is 2.17 bits per heavy atom. The number of rotatable bonds is 6. The van der Waals surface area contributed by atoms with E-state index in [9.17, 15) is 4.79 Å². The minimum absolute atomic E-state index is 0.0175. The minimum Gasteiger partial charge on any atom is -0.495 e. The Kier molecular flexibility index (Phi) is 5.40. The Morgan fingerprint density at radius 1 is 1.31 bits per heavy atom. The highest BCUT2D eigenvalue weighted by Gasteiger charge is 2.23. The first kappa shape index (κ1) is 19.3. The van der Waals surface area contributed by atoms with E-state index < -0.39 is 0 Å². The van der Waals surface area contributed by atoms with Crippen LogP contribution in [0, 0.1) is 0 Å². The van der Waals surface area contributed by atoms with Crippen molar-refractivity contribution in [1.82, 2.24) is 9.97 Å². The van der Waals surface area contributed by atoms with Gasteiger partial charge in [0.2, 0.25) is 0 Å². The maximum Gasteiger partial charge on any atom is 0.262 e. The molecular formula is C21H21ClN4O3. The highest BCUT2D eigenvalue weighted by Crippen LogP contribution is 2.39. The summed E-state index contributed by atoms with van der Waals surface area (Å²) in [6.45, 7) is 2.64. The first-order chi connectivity index (χ1) is 14.1. The number of aromatic nitrogens is 2. The van der Waals surface area contributed by atoms with Crippen molar-refractivity contribution in [2.24, 2.45) is 0 Å². The first-order valence-corrected chi connectivity index (χ1v) is 9.78. The maximum atomic E-state index is 11.8. The van der Waals surface area contributed by atoms with Crippen LogP contribution in [0.2, 0.25) is 5.02 Å². The number of methoxy groups -OCH3 is 1. The molecule has 4 rings (SSSR count). The lowest BCUT2D eigenvalue weighted by molar-refractivity contribution is -0.118. The van der Waals surface area contributed by atoms with Gasteiger partial charge in [-0.2, -0.15) is 0 Å². The van der Waals surface area contributed by atoms with Crippen molar-refractivity contribution in [3.63, 3.8) is 0 Å². The van der Waals surface area contributed by atoms with E-state index >= 15 is 0 Å². The van der Waals surface area contributed by atoms with Crippen LogP contribution in [-0.2, 0) is 17.8 Å². The number of hydrogen-bond donors (Lipinski definition) is 2. The molecule has 0 saturated carbocycles. The van der Waals surface area contributed by atoms with Crippen molar-refractivity contribution in [2.75, 3.05) is 24.4 Å². The molecule has 2 N–H and O–H groups in total. The lowest BCUT2D eigenvalue weighted by Crippen LogP contribution is -2.26. The molecule has 0 spiro atoms. The molecule has 0 bridgehead atoms. The van der Waals surface area contributed by atoms with Gasteiger partial charge in [-0.15, -0.1) is 0 Å². The highest BCUT2D eigenvalue weighted by molar-refractivity contribution is 6.32. The van der Waals surface area contributed by atoms with Crippen LogP contribution in [0.15, 0.2) is 30.6 Å². The molecule has 0 aliphatic carbocycles. The zero-order chi connectivity index (χ0) is 20.4. The molecular weight excluding hydrogens is 392 g/mol. The Bertz CT molecular complexity index is 1090. The van der Waals surface area contributed by atoms with Gasteiger partial charge in [0.1, 0.15) is 23.6 Å². The first-order valence-electron chi connectivity index (χ1n) is 9.40. The molecule has 1 aliphatic heterocycles. The molecule has 0 fully saturated rings. The summed E-state index contributed by atoms with van der Waals surface area (Å²) in [7, 11) is 1.59. The highest BCUT2D eigenvalue weighted by atomic mass is 35.5. The summed E-state index contributed by atoms with van der Waals surface area (Å²) in [4.78, 5) is 20.7. The number of nitrogens with zero attached hydrogens (tertiary/aromatic N) is 2. The van der Waals surface area contributed by atoms with E-state index in [4.69, 9.17) is 21.1 Å². The summed E-state index contributed by atoms with van der Waals surface area (Å²) >= 11 is 6.22. The Morgan fingerprint density at radius 3 is 2.93 bits per heavy atom. The largest absolute Gasteiger partial charge is 0.495 e. The Labute approximate surface area is 173 Å². The van der Waals surface area contributed by atoms with Crippen LogP contribution in [-0.4, -0.2) is 29.6 Å². The van der Waals surface area contributed by atoms with Crippen LogP contribution in [0.1, 0.15) is 24.5 Å². The van der Waals surface area contributed by atoms with E-state index in [1.807, 2.05) is 24.3 Å². The summed E-state index contributed by atoms with van der Waals surface area (Å²) in [6.07, 6.45) is 3.26. The number of aryl methyl sites for hydroxylation is 1. The number of hydrogen-bond acceptors (Lipinski definition) is 6. The maximum absolute atomic E-state index is 11.8. The number of fused-ring (bicyclic) bond motifs is 2. The van der Waals surface area contributed by atoms with Crippen molar-refractivity contribution in [1.29, 1.82) is 0 Å². The van der Waals surface area contributed by atoms with Gasteiger partial charge >= 0.3 is 0 Å². The van der Waals surface area contributed by atoms with E-state index in [2.05, 4.69) is 27.5 Å². The molecule has 2 heterocycles. The molecule has 0 saturated heterocycles. The van der Waals surface area contributed by atoms with Crippen LogP contribution >= 0.6 is 11.6 Å². The molecule has 7 nitrogen and oxygen atoms in total. The van der Waals surface area contributed by atoms with Crippen molar-refractivity contribution < 1.29 is 14.3 Å². The van der Waals surface area contributed by atoms with Crippen molar-refractivity contribution in [3.8, 4) is 11.5 Å². The number of benzene rings is 2. The smallest absolute Gasteiger partial charge is 0.262 e. The minimum atomic E-state index is -0.168. The van der Waals surface area contributed by atoms with Gasteiger partial charge in [0.05, 0.1) is 23.3 Å². The van der Waals surface area contributed by atoms with Crippen molar-refractivity contribution in [2.45, 2.75) is 26.3 Å². The second-order valence-corrected chi connectivity index (χ2v) is 7.17. The monoisotopic (exact) mass is 412 g/mol. The molecule has 2 aromatic carbocycles. The van der Waals surface area contributed by atoms with E-state index in [1.165, 1.54) is 0 Å². The average Bonchev–Trinajstić information content (AvgIpc) is 2.72. The summed E-state index contributed by atoms with van der Waals surface area (Å²) in [5, 5.41) is 7.63. The predicted octanol–water partition coefficient (Wildman–Crippen LogP) is 4.19. The van der Waals surface area contributed by atoms with Crippen molar-refractivity contribution in [3.05, 3.63) is 46.7 Å². The number of anilines is 2. The third kappa shape index (κ3) is 3.78. The van der Waals surface area contributed by atoms with Gasteiger partial charge in [-0.1, -0.05) is 31.0 Å². The van der Waals surface area contributed by atoms with Crippen LogP contribution < -0.4 is 20.1 Å². The normalized spacial score (nSPS) is 12.9. The number of nitrogens with one attached hydrogen (secondary N) is 2. The molecule has 1 aromatic heterocycles. The van der Waals surface area contributed by atoms with Crippen LogP contribution in [0.5, 0.6) is 11.5 Å². The van der Waals surface area contributed by atoms with E-state index in [0.29, 0.717) is 34.6 Å². The molecule has 1 amide bonds. The second-order valence-electron chi connectivity index (χ2n) is 6.76. The van der Waals surface area contributed by atoms with Gasteiger partial charge in [-0.3, -0.25) is 4.79 Å². The van der Waals surface area contributed by atoms with E-state index in [0.717, 1.165) is 34.9 Å². The number of amides is 1. The molecule has 0 atom stereocenters. The molecule has 1 aliphatic rings. The quantitative estimate of drug-likeness (QED) is 0.631. The van der Waals surface area contributed by atoms with Crippen LogP contribution in [0.3, 0.4) is 0 Å². The van der Waals surface area contributed by atoms with E-state index in [1.54, 1.807) is 13.4 Å². The molecule has 8 heteroatoms. The zero-order valence-electron chi connectivity index (χ0n) is 16.2. The Hall–Kier alpha value is -3.06. The van der Waals surface area contributed by atoms with Gasteiger partial charge in [-0.05, 0) is 30.2 Å². The van der Waals surface area contributed by atoms with Crippen LogP contribution in [0.4, 0.5) is 11.5 Å². The molecule has 3 aromatic rings. The fourth-order valence-corrected chi connectivity index (χ4v) is 3.74. The third-order valence-electron chi connectivity index (χ3n) is 4.77. The average molecular weight is 413 g/mol. The number of carbonyl (C=O) groups is 1. The SMILES string of the molecule is CCCc1c2c(cc3c(NCc4ccc(OC)c(Cl)c4)ncnc13)NC(=O)CO2. The molecule has 0 radical (unpaired) electrons. The van der Waals surface area contributed by atoms with Crippen molar-refractivity contribution >= 4 is 39.9 Å². The van der Waals surface area contributed by atoms with E-state index in [-0.39, 0.29) is 12.5 Å². The predicted molar refractivity (Wildman–Crippen MR) is 113 cm³/mol. The second kappa shape index (κ2) is 8.13. The molecule has 0 unspecified atom stereocenters. The number of ether oxygens (including phenoxy) is 2. The Balaban J connectivity index is 1.71. The summed E-state index contributed by atoms with van der Waals surface area (Å²) < 4.78 is 10.9. The fraction of sp³-hybridized carbons (Fsp3) is 0.286. The zero-order valence-corrected chi connectivity index (χ0v) is 17.0. The summed E-state index contributed by atoms with van der Waals surface area (Å²) in [6, 6.07) is 7.50. The lowest BCUT2D eigenvalue weighted by atomic mass is 10.0. The fourth-order valence-electron chi connectivity index (χ4n) is 3.46. The van der Waals surface area contributed by atoms with Gasteiger partial charge in [0, 0.05) is 17.5 Å². The number of carbonyl (C=O) groups excluding carboxylic acids is 1. The topological polar surface area (TPSA) is 85.4 Å². The van der Waals surface area contributed by atoms with Crippen LogP contribution in [0.25, 0.3) is 10.9 Å². The molecule has 29 heavy (non-hydrogen) atoms.